The van der Waals surface area contributed by atoms with Gasteiger partial charge in [-0.15, -0.1) is 0 Å². The smallest absolute Gasteiger partial charge is 0.254 e. The van der Waals surface area contributed by atoms with E-state index in [4.69, 9.17) is 11.6 Å². The highest BCUT2D eigenvalue weighted by Gasteiger charge is 2.28. The van der Waals surface area contributed by atoms with Crippen LogP contribution in [0.3, 0.4) is 0 Å². The van der Waals surface area contributed by atoms with Gasteiger partial charge in [0.05, 0.1) is 6.26 Å². The van der Waals surface area contributed by atoms with E-state index in [0.717, 1.165) is 25.5 Å². The number of nitrogens with zero attached hydrogens (tertiary/aromatic N) is 1. The fraction of sp³-hybridized carbons (Fsp3) is 0.500. The SMILES string of the molecule is CS(=O)(=O)NC[C@@H]1CCCCN1C(=O)c1cccc(Cl)c1. The summed E-state index contributed by atoms with van der Waals surface area (Å²) in [4.78, 5) is 14.3. The number of amides is 1. The Kier molecular flexibility index (Phi) is 5.24. The Morgan fingerprint density at radius 1 is 1.43 bits per heavy atom. The Balaban J connectivity index is 2.12. The zero-order chi connectivity index (χ0) is 15.5. The lowest BCUT2D eigenvalue weighted by molar-refractivity contribution is 0.0619. The van der Waals surface area contributed by atoms with Gasteiger partial charge in [0, 0.05) is 29.7 Å². The van der Waals surface area contributed by atoms with E-state index in [1.807, 2.05) is 0 Å². The summed E-state index contributed by atoms with van der Waals surface area (Å²) in [5.41, 5.74) is 0.536. The van der Waals surface area contributed by atoms with Crippen LogP contribution in [0.1, 0.15) is 29.6 Å². The predicted molar refractivity (Wildman–Crippen MR) is 83.0 cm³/mol. The summed E-state index contributed by atoms with van der Waals surface area (Å²) in [5, 5.41) is 0.517. The first-order chi connectivity index (χ1) is 9.87. The van der Waals surface area contributed by atoms with E-state index < -0.39 is 10.0 Å². The number of likely N-dealkylation sites (tertiary alicyclic amines) is 1. The number of sulfonamides is 1. The second kappa shape index (κ2) is 6.77. The van der Waals surface area contributed by atoms with Crippen molar-refractivity contribution in [2.75, 3.05) is 19.3 Å². The molecule has 21 heavy (non-hydrogen) atoms. The van der Waals surface area contributed by atoms with E-state index in [1.165, 1.54) is 0 Å². The van der Waals surface area contributed by atoms with Gasteiger partial charge >= 0.3 is 0 Å². The van der Waals surface area contributed by atoms with Crippen molar-refractivity contribution >= 4 is 27.5 Å². The monoisotopic (exact) mass is 330 g/mol. The lowest BCUT2D eigenvalue weighted by atomic mass is 10.0. The standard InChI is InChI=1S/C14H19ClN2O3S/c1-21(19,20)16-10-13-7-2-3-8-17(13)14(18)11-5-4-6-12(15)9-11/h4-6,9,13,16H,2-3,7-8,10H2,1H3/t13-/m0/s1. The number of rotatable bonds is 4. The fourth-order valence-corrected chi connectivity index (χ4v) is 3.20. The van der Waals surface area contributed by atoms with Crippen molar-refractivity contribution in [2.45, 2.75) is 25.3 Å². The Morgan fingerprint density at radius 2 is 2.19 bits per heavy atom. The summed E-state index contributed by atoms with van der Waals surface area (Å²) in [6.45, 7) is 0.895. The first kappa shape index (κ1) is 16.3. The number of carbonyl (C=O) groups excluding carboxylic acids is 1. The average Bonchev–Trinajstić information content (AvgIpc) is 2.44. The van der Waals surface area contributed by atoms with Crippen LogP contribution in [-0.4, -0.2) is 44.6 Å². The predicted octanol–water partition coefficient (Wildman–Crippen LogP) is 1.88. The second-order valence-corrected chi connectivity index (χ2v) is 7.55. The largest absolute Gasteiger partial charge is 0.334 e. The van der Waals surface area contributed by atoms with Gasteiger partial charge in [0.15, 0.2) is 0 Å². The van der Waals surface area contributed by atoms with Crippen LogP contribution in [-0.2, 0) is 10.0 Å². The molecule has 0 unspecified atom stereocenters. The topological polar surface area (TPSA) is 66.5 Å². The highest BCUT2D eigenvalue weighted by molar-refractivity contribution is 7.88. The number of benzene rings is 1. The van der Waals surface area contributed by atoms with E-state index in [2.05, 4.69) is 4.72 Å². The summed E-state index contributed by atoms with van der Waals surface area (Å²) in [7, 11) is -3.25. The molecule has 1 atom stereocenters. The average molecular weight is 331 g/mol. The van der Waals surface area contributed by atoms with Gasteiger partial charge in [-0.3, -0.25) is 4.79 Å². The third kappa shape index (κ3) is 4.69. The maximum Gasteiger partial charge on any atom is 0.254 e. The Hall–Kier alpha value is -1.11. The zero-order valence-corrected chi connectivity index (χ0v) is 13.5. The highest BCUT2D eigenvalue weighted by atomic mass is 35.5. The van der Waals surface area contributed by atoms with Crippen LogP contribution in [0.15, 0.2) is 24.3 Å². The Labute approximate surface area is 130 Å². The molecule has 1 fully saturated rings. The van der Waals surface area contributed by atoms with Crippen LogP contribution < -0.4 is 4.72 Å². The van der Waals surface area contributed by atoms with E-state index >= 15 is 0 Å². The molecule has 1 aromatic carbocycles. The van der Waals surface area contributed by atoms with Gasteiger partial charge in [-0.2, -0.15) is 0 Å². The number of piperidine rings is 1. The van der Waals surface area contributed by atoms with E-state index in [9.17, 15) is 13.2 Å². The van der Waals surface area contributed by atoms with Gasteiger partial charge in [-0.1, -0.05) is 17.7 Å². The van der Waals surface area contributed by atoms with Crippen molar-refractivity contribution in [1.82, 2.24) is 9.62 Å². The third-order valence-corrected chi connectivity index (χ3v) is 4.47. The molecular formula is C14H19ClN2O3S. The van der Waals surface area contributed by atoms with Crippen LogP contribution >= 0.6 is 11.6 Å². The van der Waals surface area contributed by atoms with E-state index in [1.54, 1.807) is 29.2 Å². The van der Waals surface area contributed by atoms with Crippen molar-refractivity contribution < 1.29 is 13.2 Å². The van der Waals surface area contributed by atoms with Crippen LogP contribution in [0.5, 0.6) is 0 Å². The second-order valence-electron chi connectivity index (χ2n) is 5.28. The fourth-order valence-electron chi connectivity index (χ4n) is 2.52. The van der Waals surface area contributed by atoms with Crippen molar-refractivity contribution in [3.63, 3.8) is 0 Å². The molecule has 1 heterocycles. The van der Waals surface area contributed by atoms with Crippen molar-refractivity contribution in [3.05, 3.63) is 34.9 Å². The normalized spacial score (nSPS) is 19.5. The first-order valence-electron chi connectivity index (χ1n) is 6.88. The molecule has 0 bridgehead atoms. The van der Waals surface area contributed by atoms with Crippen molar-refractivity contribution in [3.8, 4) is 0 Å². The molecule has 1 amide bonds. The molecule has 0 saturated carbocycles. The van der Waals surface area contributed by atoms with Crippen LogP contribution in [0.2, 0.25) is 5.02 Å². The van der Waals surface area contributed by atoms with Gasteiger partial charge in [0.25, 0.3) is 5.91 Å². The Morgan fingerprint density at radius 3 is 2.86 bits per heavy atom. The highest BCUT2D eigenvalue weighted by Crippen LogP contribution is 2.21. The summed E-state index contributed by atoms with van der Waals surface area (Å²) in [6, 6.07) is 6.71. The molecule has 1 N–H and O–H groups in total. The van der Waals surface area contributed by atoms with Gasteiger partial charge < -0.3 is 4.90 Å². The maximum atomic E-state index is 12.6. The number of nitrogens with one attached hydrogen (secondary N) is 1. The molecule has 1 aromatic rings. The minimum Gasteiger partial charge on any atom is -0.334 e. The minimum absolute atomic E-state index is 0.0995. The first-order valence-corrected chi connectivity index (χ1v) is 9.15. The summed E-state index contributed by atoms with van der Waals surface area (Å²) < 4.78 is 25.0. The number of halogens is 1. The summed E-state index contributed by atoms with van der Waals surface area (Å²) in [5.74, 6) is -0.0995. The molecule has 1 aliphatic heterocycles. The van der Waals surface area contributed by atoms with Crippen LogP contribution in [0.25, 0.3) is 0 Å². The summed E-state index contributed by atoms with van der Waals surface area (Å²) >= 11 is 5.92. The molecule has 0 aliphatic carbocycles. The third-order valence-electron chi connectivity index (χ3n) is 3.54. The lowest BCUT2D eigenvalue weighted by Crippen LogP contribution is -2.49. The molecule has 0 radical (unpaired) electrons. The number of hydrogen-bond acceptors (Lipinski definition) is 3. The number of carbonyl (C=O) groups is 1. The zero-order valence-electron chi connectivity index (χ0n) is 11.9. The van der Waals surface area contributed by atoms with Crippen molar-refractivity contribution in [1.29, 1.82) is 0 Å². The van der Waals surface area contributed by atoms with Gasteiger partial charge in [0.1, 0.15) is 0 Å². The molecular weight excluding hydrogens is 312 g/mol. The van der Waals surface area contributed by atoms with E-state index in [-0.39, 0.29) is 18.5 Å². The summed E-state index contributed by atoms with van der Waals surface area (Å²) in [6.07, 6.45) is 3.85. The quantitative estimate of drug-likeness (QED) is 0.916. The van der Waals surface area contributed by atoms with Gasteiger partial charge in [-0.05, 0) is 37.5 Å². The lowest BCUT2D eigenvalue weighted by Gasteiger charge is -2.35. The van der Waals surface area contributed by atoms with Gasteiger partial charge in [0.2, 0.25) is 10.0 Å². The van der Waals surface area contributed by atoms with Crippen LogP contribution in [0.4, 0.5) is 0 Å². The van der Waals surface area contributed by atoms with Crippen molar-refractivity contribution in [2.24, 2.45) is 0 Å². The van der Waals surface area contributed by atoms with Crippen LogP contribution in [0, 0.1) is 0 Å². The molecule has 5 nitrogen and oxygen atoms in total. The molecule has 116 valence electrons. The van der Waals surface area contributed by atoms with E-state index in [0.29, 0.717) is 17.1 Å². The minimum atomic E-state index is -3.25. The maximum absolute atomic E-state index is 12.6. The molecule has 1 saturated heterocycles. The number of hydrogen-bond donors (Lipinski definition) is 1. The molecule has 2 rings (SSSR count). The molecule has 0 spiro atoms. The molecule has 0 aromatic heterocycles. The van der Waals surface area contributed by atoms with Gasteiger partial charge in [-0.25, -0.2) is 13.1 Å². The molecule has 7 heteroatoms. The molecule has 1 aliphatic rings. The Bertz CT molecular complexity index is 618.